The van der Waals surface area contributed by atoms with Gasteiger partial charge in [-0.3, -0.25) is 4.79 Å². The average Bonchev–Trinajstić information content (AvgIpc) is 2.46. The number of carbonyl (C=O) groups excluding carboxylic acids is 1. The van der Waals surface area contributed by atoms with E-state index in [0.717, 1.165) is 31.2 Å². The molecule has 0 atom stereocenters. The highest BCUT2D eigenvalue weighted by atomic mass is 16.5. The quantitative estimate of drug-likeness (QED) is 0.325. The standard InChI is InChI=1S/C19H35BO2/c1-4-22-18(21)19(2,3)14-6-5-7-15-20-16-10-8-11-17(20)13-9-12-16/h16-17H,4-15H2,1-3H3. The van der Waals surface area contributed by atoms with E-state index in [9.17, 15) is 4.79 Å². The first-order chi connectivity index (χ1) is 10.5. The number of hydrogen-bond donors (Lipinski definition) is 0. The Morgan fingerprint density at radius 1 is 1.05 bits per heavy atom. The fourth-order valence-electron chi connectivity index (χ4n) is 4.84. The van der Waals surface area contributed by atoms with Gasteiger partial charge in [-0.2, -0.15) is 0 Å². The van der Waals surface area contributed by atoms with Gasteiger partial charge < -0.3 is 4.74 Å². The van der Waals surface area contributed by atoms with Gasteiger partial charge in [-0.15, -0.1) is 0 Å². The lowest BCUT2D eigenvalue weighted by Crippen LogP contribution is -2.34. The second-order valence-corrected chi connectivity index (χ2v) is 8.25. The van der Waals surface area contributed by atoms with Gasteiger partial charge in [-0.25, -0.2) is 0 Å². The molecule has 2 fully saturated rings. The minimum absolute atomic E-state index is 0.0307. The van der Waals surface area contributed by atoms with Gasteiger partial charge in [0.05, 0.1) is 12.0 Å². The molecule has 2 aliphatic rings. The molecule has 3 heteroatoms. The van der Waals surface area contributed by atoms with Crippen molar-refractivity contribution in [2.24, 2.45) is 5.41 Å². The minimum Gasteiger partial charge on any atom is -0.466 e. The fraction of sp³-hybridized carbons (Fsp3) is 0.947. The molecule has 0 radical (unpaired) electrons. The Hall–Kier alpha value is -0.465. The first-order valence-electron chi connectivity index (χ1n) is 9.72. The van der Waals surface area contributed by atoms with Crippen molar-refractivity contribution in [3.05, 3.63) is 0 Å². The van der Waals surface area contributed by atoms with Crippen LogP contribution in [0.1, 0.15) is 85.0 Å². The lowest BCUT2D eigenvalue weighted by atomic mass is 9.26. The largest absolute Gasteiger partial charge is 0.466 e. The highest BCUT2D eigenvalue weighted by Crippen LogP contribution is 2.48. The smallest absolute Gasteiger partial charge is 0.311 e. The Morgan fingerprint density at radius 2 is 1.64 bits per heavy atom. The third-order valence-corrected chi connectivity index (χ3v) is 6.18. The summed E-state index contributed by atoms with van der Waals surface area (Å²) in [5.74, 6) is 2.06. The van der Waals surface area contributed by atoms with Crippen LogP contribution in [0.25, 0.3) is 0 Å². The van der Waals surface area contributed by atoms with Crippen LogP contribution in [-0.4, -0.2) is 19.3 Å². The molecule has 0 saturated carbocycles. The molecule has 0 aliphatic carbocycles. The molecule has 2 nitrogen and oxygen atoms in total. The first-order valence-corrected chi connectivity index (χ1v) is 9.72. The molecule has 0 aromatic carbocycles. The van der Waals surface area contributed by atoms with Crippen molar-refractivity contribution in [1.82, 2.24) is 0 Å². The van der Waals surface area contributed by atoms with E-state index in [0.29, 0.717) is 6.61 Å². The normalized spacial score (nSPS) is 25.1. The average molecular weight is 306 g/mol. The number of carbonyl (C=O) groups is 1. The first kappa shape index (κ1) is 17.9. The van der Waals surface area contributed by atoms with Crippen LogP contribution in [0.3, 0.4) is 0 Å². The van der Waals surface area contributed by atoms with Crippen LogP contribution < -0.4 is 0 Å². The summed E-state index contributed by atoms with van der Waals surface area (Å²) in [5.41, 5.74) is -0.308. The Morgan fingerprint density at radius 3 is 2.18 bits per heavy atom. The van der Waals surface area contributed by atoms with E-state index in [4.69, 9.17) is 4.74 Å². The van der Waals surface area contributed by atoms with Crippen molar-refractivity contribution >= 4 is 12.7 Å². The van der Waals surface area contributed by atoms with Crippen LogP contribution >= 0.6 is 0 Å². The van der Waals surface area contributed by atoms with E-state index in [-0.39, 0.29) is 11.4 Å². The second-order valence-electron chi connectivity index (χ2n) is 8.25. The molecule has 0 unspecified atom stereocenters. The van der Waals surface area contributed by atoms with E-state index in [1.165, 1.54) is 57.7 Å². The molecule has 2 heterocycles. The molecule has 0 aromatic heterocycles. The van der Waals surface area contributed by atoms with E-state index in [2.05, 4.69) is 0 Å². The number of rotatable bonds is 8. The number of fused-ring (bicyclic) bond motifs is 2. The van der Waals surface area contributed by atoms with E-state index in [1.54, 1.807) is 0 Å². The van der Waals surface area contributed by atoms with Crippen LogP contribution in [0, 0.1) is 5.41 Å². The topological polar surface area (TPSA) is 26.3 Å². The lowest BCUT2D eigenvalue weighted by Gasteiger charge is -2.40. The van der Waals surface area contributed by atoms with Gasteiger partial charge in [0.1, 0.15) is 6.71 Å². The molecule has 2 aliphatic heterocycles. The molecule has 2 rings (SSSR count). The zero-order valence-corrected chi connectivity index (χ0v) is 15.0. The molecular formula is C19H35BO2. The molecule has 0 amide bonds. The van der Waals surface area contributed by atoms with Crippen LogP contribution in [0.2, 0.25) is 18.0 Å². The summed E-state index contributed by atoms with van der Waals surface area (Å²) in [6.07, 6.45) is 15.2. The van der Waals surface area contributed by atoms with Crippen LogP contribution in [0.15, 0.2) is 0 Å². The van der Waals surface area contributed by atoms with Gasteiger partial charge in [0, 0.05) is 0 Å². The molecule has 0 spiro atoms. The monoisotopic (exact) mass is 306 g/mol. The van der Waals surface area contributed by atoms with Crippen LogP contribution in [-0.2, 0) is 9.53 Å². The molecule has 126 valence electrons. The third kappa shape index (κ3) is 4.76. The van der Waals surface area contributed by atoms with E-state index < -0.39 is 0 Å². The third-order valence-electron chi connectivity index (χ3n) is 6.18. The summed E-state index contributed by atoms with van der Waals surface area (Å²) in [5, 5.41) is 0. The maximum atomic E-state index is 11.9. The van der Waals surface area contributed by atoms with Gasteiger partial charge in [0.15, 0.2) is 0 Å². The van der Waals surface area contributed by atoms with Gasteiger partial charge in [0.2, 0.25) is 0 Å². The highest BCUT2D eigenvalue weighted by molar-refractivity contribution is 6.62. The highest BCUT2D eigenvalue weighted by Gasteiger charge is 2.38. The molecule has 0 aromatic rings. The van der Waals surface area contributed by atoms with Crippen LogP contribution in [0.5, 0.6) is 0 Å². The van der Waals surface area contributed by atoms with Gasteiger partial charge in [-0.05, 0) is 27.2 Å². The zero-order valence-electron chi connectivity index (χ0n) is 15.0. The Bertz CT molecular complexity index is 331. The van der Waals surface area contributed by atoms with E-state index in [1.807, 2.05) is 20.8 Å². The zero-order chi connectivity index (χ0) is 16.0. The molecule has 2 saturated heterocycles. The predicted octanol–water partition coefficient (Wildman–Crippen LogP) is 5.74. The van der Waals surface area contributed by atoms with E-state index >= 15 is 0 Å². The van der Waals surface area contributed by atoms with Crippen molar-refractivity contribution in [2.75, 3.05) is 6.61 Å². The summed E-state index contributed by atoms with van der Waals surface area (Å²) in [6.45, 7) is 7.45. The predicted molar refractivity (Wildman–Crippen MR) is 94.6 cm³/mol. The van der Waals surface area contributed by atoms with Gasteiger partial charge >= 0.3 is 5.97 Å². The summed E-state index contributed by atoms with van der Waals surface area (Å²) < 4.78 is 5.17. The Balaban J connectivity index is 1.64. The summed E-state index contributed by atoms with van der Waals surface area (Å²) in [7, 11) is 0. The van der Waals surface area contributed by atoms with Crippen molar-refractivity contribution in [3.8, 4) is 0 Å². The Labute approximate surface area is 137 Å². The maximum Gasteiger partial charge on any atom is 0.311 e. The summed E-state index contributed by atoms with van der Waals surface area (Å²) in [6, 6.07) is 0. The van der Waals surface area contributed by atoms with Crippen LogP contribution in [0.4, 0.5) is 0 Å². The van der Waals surface area contributed by atoms with Gasteiger partial charge in [-0.1, -0.05) is 75.7 Å². The summed E-state index contributed by atoms with van der Waals surface area (Å²) >= 11 is 0. The molecule has 2 bridgehead atoms. The van der Waals surface area contributed by atoms with Crippen molar-refractivity contribution in [2.45, 2.75) is 103 Å². The van der Waals surface area contributed by atoms with Crippen molar-refractivity contribution < 1.29 is 9.53 Å². The SMILES string of the molecule is CCOC(=O)C(C)(C)CCCCCB1C2CCCC1CCC2. The number of unbranched alkanes of at least 4 members (excludes halogenated alkanes) is 2. The second kappa shape index (κ2) is 8.40. The van der Waals surface area contributed by atoms with Crippen molar-refractivity contribution in [3.63, 3.8) is 0 Å². The maximum absolute atomic E-state index is 11.9. The Kier molecular flexibility index (Phi) is 6.83. The number of ether oxygens (including phenoxy) is 1. The molecular weight excluding hydrogens is 271 g/mol. The summed E-state index contributed by atoms with van der Waals surface area (Å²) in [4.78, 5) is 11.9. The minimum atomic E-state index is -0.308. The molecule has 0 N–H and O–H groups in total. The lowest BCUT2D eigenvalue weighted by molar-refractivity contribution is -0.153. The number of hydrogen-bond acceptors (Lipinski definition) is 2. The molecule has 22 heavy (non-hydrogen) atoms. The fourth-order valence-corrected chi connectivity index (χ4v) is 4.84. The number of esters is 1. The van der Waals surface area contributed by atoms with Crippen molar-refractivity contribution in [1.29, 1.82) is 0 Å². The van der Waals surface area contributed by atoms with Gasteiger partial charge in [0.25, 0.3) is 0 Å².